The Morgan fingerprint density at radius 2 is 2.00 bits per heavy atom. The second kappa shape index (κ2) is 7.07. The van der Waals surface area contributed by atoms with Gasteiger partial charge in [-0.3, -0.25) is 4.79 Å². The van der Waals surface area contributed by atoms with E-state index in [1.54, 1.807) is 0 Å². The van der Waals surface area contributed by atoms with E-state index >= 15 is 0 Å². The minimum absolute atomic E-state index is 0.402. The smallest absolute Gasteiger partial charge is 0.323 e. The summed E-state index contributed by atoms with van der Waals surface area (Å²) in [6.07, 6.45) is 5.86. The van der Waals surface area contributed by atoms with E-state index in [9.17, 15) is 9.90 Å². The summed E-state index contributed by atoms with van der Waals surface area (Å²) in [5.74, 6) is -0.671. The van der Waals surface area contributed by atoms with Crippen molar-refractivity contribution in [1.29, 1.82) is 0 Å². The minimum Gasteiger partial charge on any atom is -0.480 e. The Balaban J connectivity index is 1.94. The summed E-state index contributed by atoms with van der Waals surface area (Å²) in [6, 6.07) is 1.01. The standard InChI is InChI=1S/C16H31N3O2/c1-4-9-17-16(15(20)21)8-5-14(12-16)19(3)13-6-10-18(2)11-7-13/h13-14,17H,4-12H2,1-3H3,(H,20,21). The van der Waals surface area contributed by atoms with Crippen molar-refractivity contribution in [2.45, 2.75) is 63.1 Å². The van der Waals surface area contributed by atoms with Crippen LogP contribution in [0.1, 0.15) is 45.4 Å². The van der Waals surface area contributed by atoms with Gasteiger partial charge in [-0.15, -0.1) is 0 Å². The third kappa shape index (κ3) is 3.76. The highest BCUT2D eigenvalue weighted by molar-refractivity contribution is 5.79. The van der Waals surface area contributed by atoms with Crippen molar-refractivity contribution in [2.24, 2.45) is 0 Å². The summed E-state index contributed by atoms with van der Waals surface area (Å²) >= 11 is 0. The molecule has 2 N–H and O–H groups in total. The summed E-state index contributed by atoms with van der Waals surface area (Å²) in [5, 5.41) is 13.0. The number of piperidine rings is 1. The fourth-order valence-electron chi connectivity index (χ4n) is 3.86. The van der Waals surface area contributed by atoms with Gasteiger partial charge < -0.3 is 20.2 Å². The van der Waals surface area contributed by atoms with E-state index < -0.39 is 11.5 Å². The third-order valence-electron chi connectivity index (χ3n) is 5.45. The molecule has 5 nitrogen and oxygen atoms in total. The van der Waals surface area contributed by atoms with Gasteiger partial charge in [-0.05, 0) is 72.3 Å². The first kappa shape index (κ1) is 16.7. The van der Waals surface area contributed by atoms with Gasteiger partial charge in [-0.2, -0.15) is 0 Å². The molecule has 122 valence electrons. The van der Waals surface area contributed by atoms with Crippen LogP contribution in [0.15, 0.2) is 0 Å². The lowest BCUT2D eigenvalue weighted by atomic mass is 9.96. The topological polar surface area (TPSA) is 55.8 Å². The van der Waals surface area contributed by atoms with Crippen LogP contribution in [0, 0.1) is 0 Å². The lowest BCUT2D eigenvalue weighted by Crippen LogP contribution is -2.52. The largest absolute Gasteiger partial charge is 0.480 e. The number of nitrogens with one attached hydrogen (secondary N) is 1. The molecule has 0 radical (unpaired) electrons. The highest BCUT2D eigenvalue weighted by Gasteiger charge is 2.46. The van der Waals surface area contributed by atoms with Gasteiger partial charge in [0.1, 0.15) is 5.54 Å². The Morgan fingerprint density at radius 1 is 1.33 bits per heavy atom. The number of carboxylic acids is 1. The summed E-state index contributed by atoms with van der Waals surface area (Å²) in [7, 11) is 4.37. The average Bonchev–Trinajstić information content (AvgIpc) is 2.91. The maximum absolute atomic E-state index is 11.7. The molecule has 2 fully saturated rings. The van der Waals surface area contributed by atoms with Crippen LogP contribution >= 0.6 is 0 Å². The zero-order valence-corrected chi connectivity index (χ0v) is 13.8. The Labute approximate surface area is 128 Å². The first-order chi connectivity index (χ1) is 9.98. The molecule has 2 unspecified atom stereocenters. The molecule has 0 aromatic carbocycles. The van der Waals surface area contributed by atoms with Gasteiger partial charge >= 0.3 is 5.97 Å². The minimum atomic E-state index is -0.694. The number of nitrogens with zero attached hydrogens (tertiary/aromatic N) is 2. The Bertz CT molecular complexity index is 355. The van der Waals surface area contributed by atoms with Crippen LogP contribution in [0.25, 0.3) is 0 Å². The summed E-state index contributed by atoms with van der Waals surface area (Å²) < 4.78 is 0. The van der Waals surface area contributed by atoms with E-state index in [0.717, 1.165) is 45.3 Å². The molecule has 0 spiro atoms. The first-order valence-electron chi connectivity index (χ1n) is 8.37. The van der Waals surface area contributed by atoms with Crippen LogP contribution < -0.4 is 5.32 Å². The average molecular weight is 297 g/mol. The molecule has 2 rings (SSSR count). The molecule has 1 heterocycles. The van der Waals surface area contributed by atoms with Gasteiger partial charge in [-0.1, -0.05) is 6.92 Å². The van der Waals surface area contributed by atoms with Gasteiger partial charge in [0.25, 0.3) is 0 Å². The second-order valence-electron chi connectivity index (χ2n) is 6.91. The number of carbonyl (C=O) groups is 1. The molecule has 5 heteroatoms. The van der Waals surface area contributed by atoms with Gasteiger partial charge in [-0.25, -0.2) is 0 Å². The van der Waals surface area contributed by atoms with Crippen molar-refractivity contribution in [1.82, 2.24) is 15.1 Å². The van der Waals surface area contributed by atoms with E-state index in [1.807, 2.05) is 0 Å². The molecule has 1 aliphatic carbocycles. The molecule has 1 saturated heterocycles. The molecular formula is C16H31N3O2. The number of likely N-dealkylation sites (tertiary alicyclic amines) is 1. The SMILES string of the molecule is CCCNC1(C(=O)O)CCC(N(C)C2CCN(C)CC2)C1. The molecule has 2 aliphatic rings. The molecule has 0 bridgehead atoms. The van der Waals surface area contributed by atoms with Crippen LogP contribution in [-0.4, -0.2) is 72.2 Å². The normalized spacial score (nSPS) is 31.9. The van der Waals surface area contributed by atoms with Crippen LogP contribution in [0.3, 0.4) is 0 Å². The second-order valence-corrected chi connectivity index (χ2v) is 6.91. The van der Waals surface area contributed by atoms with Crippen molar-refractivity contribution in [3.05, 3.63) is 0 Å². The number of carboxylic acid groups (broad SMARTS) is 1. The molecule has 21 heavy (non-hydrogen) atoms. The zero-order valence-electron chi connectivity index (χ0n) is 13.8. The van der Waals surface area contributed by atoms with Crippen molar-refractivity contribution >= 4 is 5.97 Å². The first-order valence-corrected chi connectivity index (χ1v) is 8.37. The maximum Gasteiger partial charge on any atom is 0.323 e. The Morgan fingerprint density at radius 3 is 2.57 bits per heavy atom. The van der Waals surface area contributed by atoms with Gasteiger partial charge in [0.2, 0.25) is 0 Å². The number of rotatable bonds is 6. The number of hydrogen-bond donors (Lipinski definition) is 2. The van der Waals surface area contributed by atoms with E-state index in [1.165, 1.54) is 12.8 Å². The predicted molar refractivity (Wildman–Crippen MR) is 84.6 cm³/mol. The molecule has 1 saturated carbocycles. The summed E-state index contributed by atoms with van der Waals surface area (Å²) in [5.41, 5.74) is -0.694. The van der Waals surface area contributed by atoms with Crippen LogP contribution in [0.2, 0.25) is 0 Å². The predicted octanol–water partition coefficient (Wildman–Crippen LogP) is 1.39. The van der Waals surface area contributed by atoms with E-state index in [-0.39, 0.29) is 0 Å². The molecular weight excluding hydrogens is 266 g/mol. The maximum atomic E-state index is 11.7. The van der Waals surface area contributed by atoms with Crippen molar-refractivity contribution in [3.8, 4) is 0 Å². The van der Waals surface area contributed by atoms with E-state index in [4.69, 9.17) is 0 Å². The monoisotopic (exact) mass is 297 g/mol. The van der Waals surface area contributed by atoms with Crippen molar-refractivity contribution in [2.75, 3.05) is 33.7 Å². The van der Waals surface area contributed by atoms with Crippen molar-refractivity contribution < 1.29 is 9.90 Å². The highest BCUT2D eigenvalue weighted by Crippen LogP contribution is 2.35. The lowest BCUT2D eigenvalue weighted by molar-refractivity contribution is -0.144. The summed E-state index contributed by atoms with van der Waals surface area (Å²) in [4.78, 5) is 16.6. The molecule has 2 atom stereocenters. The number of hydrogen-bond acceptors (Lipinski definition) is 4. The fraction of sp³-hybridized carbons (Fsp3) is 0.938. The lowest BCUT2D eigenvalue weighted by Gasteiger charge is -2.38. The molecule has 0 aromatic rings. The number of aliphatic carboxylic acids is 1. The molecule has 0 aromatic heterocycles. The molecule has 1 aliphatic heterocycles. The highest BCUT2D eigenvalue weighted by atomic mass is 16.4. The van der Waals surface area contributed by atoms with Gasteiger partial charge in [0, 0.05) is 12.1 Å². The van der Waals surface area contributed by atoms with E-state index in [2.05, 4.69) is 36.1 Å². The third-order valence-corrected chi connectivity index (χ3v) is 5.45. The van der Waals surface area contributed by atoms with Crippen LogP contribution in [0.4, 0.5) is 0 Å². The molecule has 0 amide bonds. The zero-order chi connectivity index (χ0) is 15.5. The van der Waals surface area contributed by atoms with Gasteiger partial charge in [0.15, 0.2) is 0 Å². The Hall–Kier alpha value is -0.650. The quantitative estimate of drug-likeness (QED) is 0.776. The van der Waals surface area contributed by atoms with Crippen molar-refractivity contribution in [3.63, 3.8) is 0 Å². The summed E-state index contributed by atoms with van der Waals surface area (Å²) in [6.45, 7) is 5.18. The fourth-order valence-corrected chi connectivity index (χ4v) is 3.86. The Kier molecular flexibility index (Phi) is 5.63. The van der Waals surface area contributed by atoms with E-state index in [0.29, 0.717) is 12.1 Å². The van der Waals surface area contributed by atoms with Crippen LogP contribution in [0.5, 0.6) is 0 Å². The van der Waals surface area contributed by atoms with Gasteiger partial charge in [0.05, 0.1) is 0 Å². The van der Waals surface area contributed by atoms with Crippen LogP contribution in [-0.2, 0) is 4.79 Å².